The van der Waals surface area contributed by atoms with E-state index in [2.05, 4.69) is 4.90 Å². The monoisotopic (exact) mass is 523 g/mol. The van der Waals surface area contributed by atoms with Gasteiger partial charge in [0.25, 0.3) is 5.91 Å². The van der Waals surface area contributed by atoms with E-state index in [0.717, 1.165) is 56.6 Å². The molecule has 2 heterocycles. The molecule has 0 spiro atoms. The molecule has 0 bridgehead atoms. The Balaban J connectivity index is 1.55. The van der Waals surface area contributed by atoms with Crippen LogP contribution in [0.2, 0.25) is 0 Å². The van der Waals surface area contributed by atoms with Gasteiger partial charge in [-0.05, 0) is 55.7 Å². The van der Waals surface area contributed by atoms with Crippen molar-refractivity contribution in [3.05, 3.63) is 47.8 Å². The maximum atomic E-state index is 14.7. The number of rotatable bonds is 5. The minimum absolute atomic E-state index is 0.0800. The van der Waals surface area contributed by atoms with Crippen LogP contribution in [0.3, 0.4) is 0 Å². The van der Waals surface area contributed by atoms with Crippen LogP contribution in [0.4, 0.5) is 15.8 Å². The van der Waals surface area contributed by atoms with Crippen LogP contribution in [0.25, 0.3) is 0 Å². The first-order chi connectivity index (χ1) is 16.4. The lowest BCUT2D eigenvalue weighted by Crippen LogP contribution is -2.49. The highest BCUT2D eigenvalue weighted by atomic mass is 32.2. The summed E-state index contributed by atoms with van der Waals surface area (Å²) in [6, 6.07) is 8.60. The van der Waals surface area contributed by atoms with Gasteiger partial charge in [-0.2, -0.15) is 0 Å². The molecule has 0 radical (unpaired) electrons. The largest absolute Gasteiger partial charge is 0.371 e. The fourth-order valence-corrected chi connectivity index (χ4v) is 5.90. The topological polar surface area (TPSA) is 95.1 Å². The van der Waals surface area contributed by atoms with E-state index in [9.17, 15) is 26.0 Å². The molecule has 0 aromatic heterocycles. The average molecular weight is 524 g/mol. The van der Waals surface area contributed by atoms with Crippen LogP contribution in [0.15, 0.2) is 46.2 Å². The SMILES string of the molecule is CS(=O)(=O)c1ccc(N2CCN(C(=O)c3cc(S(C)(=O)=O)ccc3N3CCCCC3)CC2)c(F)c1. The van der Waals surface area contributed by atoms with E-state index in [1.807, 2.05) is 0 Å². The number of piperazine rings is 1. The summed E-state index contributed by atoms with van der Waals surface area (Å²) in [4.78, 5) is 19.2. The first-order valence-corrected chi connectivity index (χ1v) is 15.4. The number of amides is 1. The van der Waals surface area contributed by atoms with Crippen LogP contribution >= 0.6 is 0 Å². The van der Waals surface area contributed by atoms with Crippen LogP contribution < -0.4 is 9.80 Å². The van der Waals surface area contributed by atoms with E-state index in [0.29, 0.717) is 31.7 Å². The second-order valence-electron chi connectivity index (χ2n) is 9.16. The van der Waals surface area contributed by atoms with Crippen LogP contribution in [-0.2, 0) is 19.7 Å². The first kappa shape index (κ1) is 25.4. The number of sulfone groups is 2. The number of benzene rings is 2. The highest BCUT2D eigenvalue weighted by Crippen LogP contribution is 2.29. The normalized spacial score (nSPS) is 17.5. The van der Waals surface area contributed by atoms with Gasteiger partial charge in [-0.1, -0.05) is 0 Å². The van der Waals surface area contributed by atoms with Crippen molar-refractivity contribution < 1.29 is 26.0 Å². The van der Waals surface area contributed by atoms with Gasteiger partial charge in [0, 0.05) is 57.5 Å². The van der Waals surface area contributed by atoms with E-state index >= 15 is 0 Å². The molecule has 4 rings (SSSR count). The van der Waals surface area contributed by atoms with Gasteiger partial charge in [0.05, 0.1) is 21.0 Å². The zero-order valence-corrected chi connectivity index (χ0v) is 21.5. The summed E-state index contributed by atoms with van der Waals surface area (Å²) in [6.45, 7) is 3.02. The molecule has 0 unspecified atom stereocenters. The van der Waals surface area contributed by atoms with Gasteiger partial charge >= 0.3 is 0 Å². The molecule has 2 aliphatic heterocycles. The molecule has 11 heteroatoms. The third-order valence-electron chi connectivity index (χ3n) is 6.58. The molecule has 1 amide bonds. The molecule has 35 heavy (non-hydrogen) atoms. The molecule has 2 saturated heterocycles. The van der Waals surface area contributed by atoms with Crippen LogP contribution in [0.1, 0.15) is 29.6 Å². The van der Waals surface area contributed by atoms with E-state index in [4.69, 9.17) is 0 Å². The molecule has 0 aliphatic carbocycles. The number of anilines is 2. The Kier molecular flexibility index (Phi) is 7.10. The zero-order chi connectivity index (χ0) is 25.4. The number of carbonyl (C=O) groups excluding carboxylic acids is 1. The standard InChI is InChI=1S/C24H30FN3O5S2/c1-34(30,31)18-6-8-22(26-10-4-3-5-11-26)20(16-18)24(29)28-14-12-27(13-15-28)23-9-7-19(17-21(23)25)35(2,32)33/h6-9,16-17H,3-5,10-15H2,1-2H3. The summed E-state index contributed by atoms with van der Waals surface area (Å²) >= 11 is 0. The van der Waals surface area contributed by atoms with Crippen molar-refractivity contribution in [1.82, 2.24) is 4.90 Å². The molecule has 2 aliphatic rings. The Bertz CT molecular complexity index is 1330. The number of hydrogen-bond acceptors (Lipinski definition) is 7. The highest BCUT2D eigenvalue weighted by molar-refractivity contribution is 7.91. The minimum atomic E-state index is -3.51. The number of carbonyl (C=O) groups is 1. The third kappa shape index (κ3) is 5.61. The summed E-state index contributed by atoms with van der Waals surface area (Å²) in [5.74, 6) is -0.871. The van der Waals surface area contributed by atoms with Crippen molar-refractivity contribution in [2.24, 2.45) is 0 Å². The van der Waals surface area contributed by atoms with Gasteiger partial charge < -0.3 is 14.7 Å². The maximum absolute atomic E-state index is 14.7. The quantitative estimate of drug-likeness (QED) is 0.595. The molecule has 2 aromatic carbocycles. The van der Waals surface area contributed by atoms with Gasteiger partial charge in [-0.25, -0.2) is 21.2 Å². The fourth-order valence-electron chi connectivity index (χ4n) is 4.62. The minimum Gasteiger partial charge on any atom is -0.371 e. The van der Waals surface area contributed by atoms with Crippen molar-refractivity contribution in [3.63, 3.8) is 0 Å². The van der Waals surface area contributed by atoms with Gasteiger partial charge in [-0.3, -0.25) is 4.79 Å². The summed E-state index contributed by atoms with van der Waals surface area (Å²) in [5, 5.41) is 0. The Morgan fingerprint density at radius 2 is 1.23 bits per heavy atom. The second-order valence-corrected chi connectivity index (χ2v) is 13.2. The van der Waals surface area contributed by atoms with Gasteiger partial charge in [0.1, 0.15) is 5.82 Å². The smallest absolute Gasteiger partial charge is 0.256 e. The lowest BCUT2D eigenvalue weighted by Gasteiger charge is -2.37. The van der Waals surface area contributed by atoms with Crippen molar-refractivity contribution in [2.75, 3.05) is 61.6 Å². The Morgan fingerprint density at radius 3 is 1.77 bits per heavy atom. The molecular formula is C24H30FN3O5S2. The number of nitrogens with zero attached hydrogens (tertiary/aromatic N) is 3. The summed E-state index contributed by atoms with van der Waals surface area (Å²) in [6.07, 6.45) is 5.32. The van der Waals surface area contributed by atoms with Crippen LogP contribution in [0.5, 0.6) is 0 Å². The average Bonchev–Trinajstić information content (AvgIpc) is 2.83. The molecule has 2 aromatic rings. The Labute approximate surface area is 206 Å². The van der Waals surface area contributed by atoms with E-state index < -0.39 is 25.5 Å². The van der Waals surface area contributed by atoms with Crippen LogP contribution in [-0.4, -0.2) is 79.4 Å². The van der Waals surface area contributed by atoms with Gasteiger partial charge in [0.2, 0.25) is 0 Å². The summed E-state index contributed by atoms with van der Waals surface area (Å²) in [5.41, 5.74) is 1.40. The Morgan fingerprint density at radius 1 is 0.714 bits per heavy atom. The predicted molar refractivity (Wildman–Crippen MR) is 133 cm³/mol. The van der Waals surface area contributed by atoms with E-state index in [-0.39, 0.29) is 21.4 Å². The van der Waals surface area contributed by atoms with E-state index in [1.165, 1.54) is 18.2 Å². The third-order valence-corrected chi connectivity index (χ3v) is 8.80. The van der Waals surface area contributed by atoms with Crippen molar-refractivity contribution in [2.45, 2.75) is 29.1 Å². The van der Waals surface area contributed by atoms with Crippen molar-refractivity contribution in [3.8, 4) is 0 Å². The predicted octanol–water partition coefficient (Wildman–Crippen LogP) is 2.59. The van der Waals surface area contributed by atoms with Crippen molar-refractivity contribution >= 4 is 37.0 Å². The molecule has 0 N–H and O–H groups in total. The lowest BCUT2D eigenvalue weighted by atomic mass is 10.1. The molecule has 190 valence electrons. The fraction of sp³-hybridized carbons (Fsp3) is 0.458. The van der Waals surface area contributed by atoms with Crippen LogP contribution in [0, 0.1) is 5.82 Å². The van der Waals surface area contributed by atoms with Gasteiger partial charge in [-0.15, -0.1) is 0 Å². The Hall–Kier alpha value is -2.66. The summed E-state index contributed by atoms with van der Waals surface area (Å²) < 4.78 is 62.4. The number of piperidine rings is 1. The van der Waals surface area contributed by atoms with Gasteiger partial charge in [0.15, 0.2) is 19.7 Å². The molecular weight excluding hydrogens is 493 g/mol. The summed E-state index contributed by atoms with van der Waals surface area (Å²) in [7, 11) is -6.99. The highest BCUT2D eigenvalue weighted by Gasteiger charge is 2.28. The zero-order valence-electron chi connectivity index (χ0n) is 19.9. The first-order valence-electron chi connectivity index (χ1n) is 11.6. The number of halogens is 1. The molecule has 2 fully saturated rings. The van der Waals surface area contributed by atoms with Crippen molar-refractivity contribution in [1.29, 1.82) is 0 Å². The maximum Gasteiger partial charge on any atom is 0.256 e. The lowest BCUT2D eigenvalue weighted by molar-refractivity contribution is 0.0747. The molecule has 0 atom stereocenters. The second kappa shape index (κ2) is 9.77. The number of hydrogen-bond donors (Lipinski definition) is 0. The molecule has 8 nitrogen and oxygen atoms in total. The van der Waals surface area contributed by atoms with E-state index in [1.54, 1.807) is 21.9 Å². The molecule has 0 saturated carbocycles.